The molecular formula is C26H33ClN2O6S. The lowest BCUT2D eigenvalue weighted by Gasteiger charge is -2.33. The van der Waals surface area contributed by atoms with E-state index in [-0.39, 0.29) is 22.5 Å². The van der Waals surface area contributed by atoms with Crippen LogP contribution in [0, 0.1) is 0 Å². The van der Waals surface area contributed by atoms with Gasteiger partial charge in [0, 0.05) is 11.7 Å². The van der Waals surface area contributed by atoms with Gasteiger partial charge in [0.25, 0.3) is 0 Å². The van der Waals surface area contributed by atoms with Crippen LogP contribution in [0.5, 0.6) is 5.75 Å². The molecule has 36 heavy (non-hydrogen) atoms. The molecule has 196 valence electrons. The zero-order chi connectivity index (χ0) is 26.1. The van der Waals surface area contributed by atoms with Gasteiger partial charge in [0.15, 0.2) is 0 Å². The lowest BCUT2D eigenvalue weighted by atomic mass is 9.95. The third-order valence-corrected chi connectivity index (χ3v) is 8.34. The van der Waals surface area contributed by atoms with Gasteiger partial charge in [-0.2, -0.15) is 4.31 Å². The molecule has 0 saturated heterocycles. The maximum Gasteiger partial charge on any atom is 0.338 e. The van der Waals surface area contributed by atoms with E-state index in [9.17, 15) is 18.0 Å². The molecule has 0 heterocycles. The first-order chi connectivity index (χ1) is 17.3. The van der Waals surface area contributed by atoms with Crippen LogP contribution in [0.15, 0.2) is 47.4 Å². The molecule has 1 fully saturated rings. The third kappa shape index (κ3) is 7.21. The summed E-state index contributed by atoms with van der Waals surface area (Å²) >= 11 is 6.19. The molecule has 1 saturated carbocycles. The van der Waals surface area contributed by atoms with Crippen LogP contribution in [-0.4, -0.2) is 50.9 Å². The number of nitrogens with one attached hydrogen (secondary N) is 1. The first kappa shape index (κ1) is 28.0. The Bertz CT molecular complexity index is 1150. The Kier molecular flexibility index (Phi) is 10.2. The summed E-state index contributed by atoms with van der Waals surface area (Å²) in [6, 6.07) is 10.3. The van der Waals surface area contributed by atoms with Crippen LogP contribution >= 0.6 is 11.6 Å². The summed E-state index contributed by atoms with van der Waals surface area (Å²) in [5.74, 6) is -0.522. The number of rotatable bonds is 11. The predicted octanol–water partition coefficient (Wildman–Crippen LogP) is 5.27. The minimum Gasteiger partial charge on any atom is -0.495 e. The largest absolute Gasteiger partial charge is 0.495 e. The Morgan fingerprint density at radius 2 is 1.78 bits per heavy atom. The number of sulfonamides is 1. The molecule has 1 aliphatic carbocycles. The van der Waals surface area contributed by atoms with Gasteiger partial charge in [-0.05, 0) is 61.7 Å². The molecule has 3 rings (SSSR count). The summed E-state index contributed by atoms with van der Waals surface area (Å²) in [7, 11) is -2.54. The molecule has 0 spiro atoms. The quantitative estimate of drug-likeness (QED) is 0.310. The Labute approximate surface area is 218 Å². The SMILES string of the molecule is CCCCOC(=O)c1ccc(NC(=O)CN(C2CCCCC2)S(=O)(=O)c2ccc(OC)c(Cl)c2)cc1. The fourth-order valence-electron chi connectivity index (χ4n) is 4.15. The van der Waals surface area contributed by atoms with Crippen LogP contribution in [0.1, 0.15) is 62.2 Å². The average molecular weight is 537 g/mol. The molecular weight excluding hydrogens is 504 g/mol. The van der Waals surface area contributed by atoms with Crippen molar-refractivity contribution in [1.29, 1.82) is 0 Å². The van der Waals surface area contributed by atoms with Crippen molar-refractivity contribution >= 4 is 39.2 Å². The Balaban J connectivity index is 1.74. The molecule has 0 aromatic heterocycles. The first-order valence-corrected chi connectivity index (χ1v) is 14.0. The van der Waals surface area contributed by atoms with Crippen LogP contribution < -0.4 is 10.1 Å². The van der Waals surface area contributed by atoms with Crippen molar-refractivity contribution in [1.82, 2.24) is 4.31 Å². The van der Waals surface area contributed by atoms with Crippen molar-refractivity contribution in [3.05, 3.63) is 53.1 Å². The normalized spacial score (nSPS) is 14.4. The van der Waals surface area contributed by atoms with Crippen LogP contribution in [0.2, 0.25) is 5.02 Å². The van der Waals surface area contributed by atoms with E-state index in [4.69, 9.17) is 21.1 Å². The van der Waals surface area contributed by atoms with E-state index in [1.165, 1.54) is 29.6 Å². The number of methoxy groups -OCH3 is 1. The number of nitrogens with zero attached hydrogens (tertiary/aromatic N) is 1. The van der Waals surface area contributed by atoms with Crippen molar-refractivity contribution in [3.8, 4) is 5.75 Å². The van der Waals surface area contributed by atoms with Crippen LogP contribution in [-0.2, 0) is 19.6 Å². The maximum absolute atomic E-state index is 13.6. The molecule has 1 N–H and O–H groups in total. The average Bonchev–Trinajstić information content (AvgIpc) is 2.88. The summed E-state index contributed by atoms with van der Waals surface area (Å²) in [4.78, 5) is 25.0. The summed E-state index contributed by atoms with van der Waals surface area (Å²) in [6.07, 6.45) is 5.93. The molecule has 2 aromatic carbocycles. The van der Waals surface area contributed by atoms with Gasteiger partial charge in [0.1, 0.15) is 5.75 Å². The van der Waals surface area contributed by atoms with Crippen molar-refractivity contribution in [2.45, 2.75) is 62.8 Å². The highest BCUT2D eigenvalue weighted by Crippen LogP contribution is 2.32. The van der Waals surface area contributed by atoms with Crippen LogP contribution in [0.25, 0.3) is 0 Å². The Morgan fingerprint density at radius 1 is 1.08 bits per heavy atom. The van der Waals surface area contributed by atoms with Gasteiger partial charge in [-0.15, -0.1) is 0 Å². The lowest BCUT2D eigenvalue weighted by molar-refractivity contribution is -0.116. The van der Waals surface area contributed by atoms with Crippen molar-refractivity contribution in [2.24, 2.45) is 0 Å². The first-order valence-electron chi connectivity index (χ1n) is 12.2. The molecule has 1 aliphatic rings. The second-order valence-corrected chi connectivity index (χ2v) is 11.1. The Hall–Kier alpha value is -2.62. The smallest absolute Gasteiger partial charge is 0.338 e. The fourth-order valence-corrected chi connectivity index (χ4v) is 6.14. The van der Waals surface area contributed by atoms with E-state index in [2.05, 4.69) is 5.32 Å². The molecule has 1 amide bonds. The number of esters is 1. The number of benzene rings is 2. The minimum absolute atomic E-state index is 0.0117. The van der Waals surface area contributed by atoms with Crippen molar-refractivity contribution in [2.75, 3.05) is 25.6 Å². The van der Waals surface area contributed by atoms with E-state index < -0.39 is 21.9 Å². The third-order valence-electron chi connectivity index (χ3n) is 6.15. The van der Waals surface area contributed by atoms with Gasteiger partial charge >= 0.3 is 5.97 Å². The van der Waals surface area contributed by atoms with E-state index in [1.54, 1.807) is 24.3 Å². The number of ether oxygens (including phenoxy) is 2. The van der Waals surface area contributed by atoms with Gasteiger partial charge in [0.05, 0.1) is 35.7 Å². The number of halogens is 1. The van der Waals surface area contributed by atoms with Crippen LogP contribution in [0.3, 0.4) is 0 Å². The van der Waals surface area contributed by atoms with E-state index in [0.717, 1.165) is 32.1 Å². The molecule has 0 unspecified atom stereocenters. The highest BCUT2D eigenvalue weighted by molar-refractivity contribution is 7.89. The molecule has 0 atom stereocenters. The molecule has 0 radical (unpaired) electrons. The number of amides is 1. The van der Waals surface area contributed by atoms with Gasteiger partial charge < -0.3 is 14.8 Å². The van der Waals surface area contributed by atoms with Crippen molar-refractivity contribution in [3.63, 3.8) is 0 Å². The number of carbonyl (C=O) groups excluding carboxylic acids is 2. The molecule has 8 nitrogen and oxygen atoms in total. The molecule has 0 bridgehead atoms. The minimum atomic E-state index is -3.99. The molecule has 2 aromatic rings. The summed E-state index contributed by atoms with van der Waals surface area (Å²) in [5, 5.41) is 2.92. The maximum atomic E-state index is 13.6. The monoisotopic (exact) mass is 536 g/mol. The van der Waals surface area contributed by atoms with Gasteiger partial charge in [-0.3, -0.25) is 4.79 Å². The van der Waals surface area contributed by atoms with E-state index >= 15 is 0 Å². The van der Waals surface area contributed by atoms with Gasteiger partial charge in [0.2, 0.25) is 15.9 Å². The van der Waals surface area contributed by atoms with Gasteiger partial charge in [-0.1, -0.05) is 44.2 Å². The standard InChI is InChI=1S/C26H33ClN2O6S/c1-3-4-16-35-26(31)19-10-12-20(13-11-19)28-25(30)18-29(21-8-6-5-7-9-21)36(32,33)22-14-15-24(34-2)23(27)17-22/h10-15,17,21H,3-9,16,18H2,1-2H3,(H,28,30). The molecule has 0 aliphatic heterocycles. The second-order valence-electron chi connectivity index (χ2n) is 8.75. The van der Waals surface area contributed by atoms with Gasteiger partial charge in [-0.25, -0.2) is 13.2 Å². The van der Waals surface area contributed by atoms with Crippen LogP contribution in [0.4, 0.5) is 5.69 Å². The highest BCUT2D eigenvalue weighted by Gasteiger charge is 2.34. The number of anilines is 1. The lowest BCUT2D eigenvalue weighted by Crippen LogP contribution is -2.45. The zero-order valence-electron chi connectivity index (χ0n) is 20.7. The zero-order valence-corrected chi connectivity index (χ0v) is 22.2. The Morgan fingerprint density at radius 3 is 2.39 bits per heavy atom. The van der Waals surface area contributed by atoms with E-state index in [0.29, 0.717) is 36.4 Å². The topological polar surface area (TPSA) is 102 Å². The van der Waals surface area contributed by atoms with E-state index in [1.807, 2.05) is 6.92 Å². The number of hydrogen-bond acceptors (Lipinski definition) is 6. The number of hydrogen-bond donors (Lipinski definition) is 1. The number of carbonyl (C=O) groups is 2. The number of unbranched alkanes of at least 4 members (excludes halogenated alkanes) is 1. The highest BCUT2D eigenvalue weighted by atomic mass is 35.5. The predicted molar refractivity (Wildman–Crippen MR) is 139 cm³/mol. The van der Waals surface area contributed by atoms with Crippen molar-refractivity contribution < 1.29 is 27.5 Å². The summed E-state index contributed by atoms with van der Waals surface area (Å²) < 4.78 is 38.8. The molecule has 10 heteroatoms. The summed E-state index contributed by atoms with van der Waals surface area (Å²) in [6.45, 7) is 2.04. The summed E-state index contributed by atoms with van der Waals surface area (Å²) in [5.41, 5.74) is 0.838. The second kappa shape index (κ2) is 13.1. The fraction of sp³-hybridized carbons (Fsp3) is 0.462.